The molecular formula is C24H43N5OS. The second-order valence-corrected chi connectivity index (χ2v) is 12.4. The zero-order valence-electron chi connectivity index (χ0n) is 20.9. The van der Waals surface area contributed by atoms with E-state index in [0.717, 1.165) is 37.0 Å². The van der Waals surface area contributed by atoms with Crippen molar-refractivity contribution in [2.45, 2.75) is 98.4 Å². The second-order valence-electron chi connectivity index (χ2n) is 11.5. The molecule has 3 atom stereocenters. The summed E-state index contributed by atoms with van der Waals surface area (Å²) in [5.74, 6) is 0.253. The molecule has 2 aliphatic heterocycles. The van der Waals surface area contributed by atoms with Crippen LogP contribution in [0, 0.1) is 5.41 Å². The van der Waals surface area contributed by atoms with Gasteiger partial charge in [-0.05, 0) is 54.0 Å². The summed E-state index contributed by atoms with van der Waals surface area (Å²) in [6, 6.07) is 1.14. The maximum Gasteiger partial charge on any atom is 0.228 e. The van der Waals surface area contributed by atoms with Crippen molar-refractivity contribution < 1.29 is 4.79 Å². The van der Waals surface area contributed by atoms with Crippen molar-refractivity contribution in [3.05, 3.63) is 11.1 Å². The van der Waals surface area contributed by atoms with Crippen molar-refractivity contribution in [3.63, 3.8) is 0 Å². The van der Waals surface area contributed by atoms with Crippen molar-refractivity contribution in [1.29, 1.82) is 0 Å². The first-order chi connectivity index (χ1) is 14.4. The number of nitrogens with zero attached hydrogens (tertiary/aromatic N) is 4. The van der Waals surface area contributed by atoms with Crippen LogP contribution in [-0.4, -0.2) is 75.4 Å². The summed E-state index contributed by atoms with van der Waals surface area (Å²) in [5, 5.41) is 6.81. The summed E-state index contributed by atoms with van der Waals surface area (Å²) >= 11 is 1.71. The zero-order chi connectivity index (χ0) is 23.0. The van der Waals surface area contributed by atoms with Gasteiger partial charge in [-0.3, -0.25) is 14.6 Å². The van der Waals surface area contributed by atoms with Gasteiger partial charge in [0.2, 0.25) is 5.91 Å². The Kier molecular flexibility index (Phi) is 7.38. The smallest absolute Gasteiger partial charge is 0.228 e. The SMILES string of the molecule is CC1CN(C(=O)C(C)(C)C)C(C)CN1Cc1csc(NCC2CCCN2C(C)(C)C)n1. The molecule has 31 heavy (non-hydrogen) atoms. The van der Waals surface area contributed by atoms with Crippen LogP contribution in [0.15, 0.2) is 5.38 Å². The lowest BCUT2D eigenvalue weighted by Gasteiger charge is -2.45. The molecule has 2 aliphatic rings. The Morgan fingerprint density at radius 1 is 1.16 bits per heavy atom. The Morgan fingerprint density at radius 3 is 2.52 bits per heavy atom. The van der Waals surface area contributed by atoms with E-state index in [9.17, 15) is 4.79 Å². The van der Waals surface area contributed by atoms with Crippen LogP contribution in [0.25, 0.3) is 0 Å². The maximum atomic E-state index is 12.8. The number of hydrogen-bond acceptors (Lipinski definition) is 6. The molecular weight excluding hydrogens is 406 g/mol. The molecule has 6 nitrogen and oxygen atoms in total. The van der Waals surface area contributed by atoms with Gasteiger partial charge in [0.25, 0.3) is 0 Å². The lowest BCUT2D eigenvalue weighted by atomic mass is 9.92. The maximum absolute atomic E-state index is 12.8. The number of aromatic nitrogens is 1. The molecule has 3 heterocycles. The minimum Gasteiger partial charge on any atom is -0.360 e. The summed E-state index contributed by atoms with van der Waals surface area (Å²) in [6.45, 7) is 22.0. The van der Waals surface area contributed by atoms with E-state index in [-0.39, 0.29) is 22.9 Å². The third-order valence-electron chi connectivity index (χ3n) is 6.66. The molecule has 0 radical (unpaired) electrons. The molecule has 0 aromatic carbocycles. The van der Waals surface area contributed by atoms with E-state index in [1.807, 2.05) is 20.8 Å². The first-order valence-electron chi connectivity index (χ1n) is 11.9. The molecule has 0 spiro atoms. The minimum atomic E-state index is -0.326. The van der Waals surface area contributed by atoms with Gasteiger partial charge in [-0.2, -0.15) is 0 Å². The van der Waals surface area contributed by atoms with Gasteiger partial charge in [-0.1, -0.05) is 20.8 Å². The molecule has 2 fully saturated rings. The molecule has 1 aromatic rings. The van der Waals surface area contributed by atoms with Crippen LogP contribution in [0.3, 0.4) is 0 Å². The van der Waals surface area contributed by atoms with Crippen LogP contribution in [0.1, 0.15) is 73.9 Å². The molecule has 7 heteroatoms. The predicted molar refractivity (Wildman–Crippen MR) is 131 cm³/mol. The van der Waals surface area contributed by atoms with Gasteiger partial charge < -0.3 is 10.2 Å². The normalized spacial score (nSPS) is 26.5. The van der Waals surface area contributed by atoms with Crippen molar-refractivity contribution in [2.24, 2.45) is 5.41 Å². The van der Waals surface area contributed by atoms with E-state index < -0.39 is 0 Å². The molecule has 176 valence electrons. The highest BCUT2D eigenvalue weighted by atomic mass is 32.1. The third-order valence-corrected chi connectivity index (χ3v) is 7.51. The number of thiazole rings is 1. The molecule has 0 aliphatic carbocycles. The highest BCUT2D eigenvalue weighted by Gasteiger charge is 2.37. The molecule has 0 bridgehead atoms. The van der Waals surface area contributed by atoms with E-state index in [1.165, 1.54) is 19.4 Å². The molecule has 2 saturated heterocycles. The van der Waals surface area contributed by atoms with Gasteiger partial charge in [0.15, 0.2) is 5.13 Å². The summed E-state index contributed by atoms with van der Waals surface area (Å²) in [7, 11) is 0. The Bertz CT molecular complexity index is 750. The molecule has 1 amide bonds. The first-order valence-corrected chi connectivity index (χ1v) is 12.7. The number of piperazine rings is 1. The number of anilines is 1. The van der Waals surface area contributed by atoms with Gasteiger partial charge in [-0.25, -0.2) is 4.98 Å². The average molecular weight is 450 g/mol. The molecule has 3 unspecified atom stereocenters. The fourth-order valence-electron chi connectivity index (χ4n) is 4.94. The van der Waals surface area contributed by atoms with E-state index in [2.05, 4.69) is 60.0 Å². The van der Waals surface area contributed by atoms with Crippen molar-refractivity contribution in [3.8, 4) is 0 Å². The van der Waals surface area contributed by atoms with Gasteiger partial charge in [0.05, 0.1) is 5.69 Å². The van der Waals surface area contributed by atoms with Crippen LogP contribution >= 0.6 is 11.3 Å². The highest BCUT2D eigenvalue weighted by molar-refractivity contribution is 7.13. The quantitative estimate of drug-likeness (QED) is 0.727. The summed E-state index contributed by atoms with van der Waals surface area (Å²) in [5.41, 5.74) is 1.02. The fraction of sp³-hybridized carbons (Fsp3) is 0.833. The first kappa shape index (κ1) is 24.5. The lowest BCUT2D eigenvalue weighted by Crippen LogP contribution is -2.59. The lowest BCUT2D eigenvalue weighted by molar-refractivity contribution is -0.145. The van der Waals surface area contributed by atoms with Gasteiger partial charge in [0, 0.05) is 60.6 Å². The zero-order valence-corrected chi connectivity index (χ0v) is 21.7. The second kappa shape index (κ2) is 9.36. The van der Waals surface area contributed by atoms with E-state index in [1.54, 1.807) is 11.3 Å². The molecule has 1 aromatic heterocycles. The van der Waals surface area contributed by atoms with Gasteiger partial charge in [0.1, 0.15) is 0 Å². The van der Waals surface area contributed by atoms with Crippen molar-refractivity contribution >= 4 is 22.4 Å². The van der Waals surface area contributed by atoms with Gasteiger partial charge >= 0.3 is 0 Å². The van der Waals surface area contributed by atoms with E-state index in [0.29, 0.717) is 12.1 Å². The summed E-state index contributed by atoms with van der Waals surface area (Å²) in [4.78, 5) is 24.8. The van der Waals surface area contributed by atoms with E-state index >= 15 is 0 Å². The van der Waals surface area contributed by atoms with Crippen molar-refractivity contribution in [2.75, 3.05) is 31.5 Å². The Morgan fingerprint density at radius 2 is 1.87 bits per heavy atom. The van der Waals surface area contributed by atoms with E-state index in [4.69, 9.17) is 4.98 Å². The molecule has 3 rings (SSSR count). The largest absolute Gasteiger partial charge is 0.360 e. The van der Waals surface area contributed by atoms with Crippen LogP contribution < -0.4 is 5.32 Å². The molecule has 1 N–H and O–H groups in total. The van der Waals surface area contributed by atoms with Crippen LogP contribution in [-0.2, 0) is 11.3 Å². The Hall–Kier alpha value is -1.18. The number of nitrogens with one attached hydrogen (secondary N) is 1. The monoisotopic (exact) mass is 449 g/mol. The standard InChI is InChI=1S/C24H43N5OS/c1-17-14-28(21(30)23(3,4)5)18(2)13-27(17)15-19-16-31-22(26-19)25-12-20-10-9-11-29(20)24(6,7)8/h16-18,20H,9-15H2,1-8H3,(H,25,26). The predicted octanol–water partition coefficient (Wildman–Crippen LogP) is 4.29. The van der Waals surface area contributed by atoms with Crippen molar-refractivity contribution in [1.82, 2.24) is 19.7 Å². The number of carbonyl (C=O) groups excluding carboxylic acids is 1. The fourth-order valence-corrected chi connectivity index (χ4v) is 5.65. The average Bonchev–Trinajstić information content (AvgIpc) is 3.30. The molecule has 0 saturated carbocycles. The number of rotatable bonds is 5. The number of likely N-dealkylation sites (tertiary alicyclic amines) is 1. The topological polar surface area (TPSA) is 51.7 Å². The van der Waals surface area contributed by atoms with Gasteiger partial charge in [-0.15, -0.1) is 11.3 Å². The van der Waals surface area contributed by atoms with Crippen LogP contribution in [0.5, 0.6) is 0 Å². The Balaban J connectivity index is 1.54. The number of hydrogen-bond donors (Lipinski definition) is 1. The van der Waals surface area contributed by atoms with Crippen LogP contribution in [0.4, 0.5) is 5.13 Å². The minimum absolute atomic E-state index is 0.222. The summed E-state index contributed by atoms with van der Waals surface area (Å²) < 4.78 is 0. The highest BCUT2D eigenvalue weighted by Crippen LogP contribution is 2.28. The third kappa shape index (κ3) is 5.99. The Labute approximate surface area is 193 Å². The summed E-state index contributed by atoms with van der Waals surface area (Å²) in [6.07, 6.45) is 2.54. The number of carbonyl (C=O) groups is 1. The number of amides is 1. The van der Waals surface area contributed by atoms with Crippen LogP contribution in [0.2, 0.25) is 0 Å².